The van der Waals surface area contributed by atoms with E-state index in [-0.39, 0.29) is 12.5 Å². The highest BCUT2D eigenvalue weighted by molar-refractivity contribution is 7.99. The van der Waals surface area contributed by atoms with E-state index < -0.39 is 0 Å². The Balaban J connectivity index is 2.89. The lowest BCUT2D eigenvalue weighted by Crippen LogP contribution is -2.10. The number of rotatable bonds is 8. The molecule has 0 aliphatic heterocycles. The average Bonchev–Trinajstić information content (AvgIpc) is 2.41. The van der Waals surface area contributed by atoms with Gasteiger partial charge in [0.1, 0.15) is 17.2 Å². The number of aliphatic hydroxyl groups excluding tert-OH is 1. The highest BCUT2D eigenvalue weighted by Gasteiger charge is 2.15. The molecule has 0 bridgehead atoms. The minimum atomic E-state index is 0.218. The maximum atomic E-state index is 9.10. The molecule has 1 heterocycles. The highest BCUT2D eigenvalue weighted by atomic mass is 32.2. The molecule has 0 saturated carbocycles. The van der Waals surface area contributed by atoms with Crippen molar-refractivity contribution in [3.8, 4) is 0 Å². The van der Waals surface area contributed by atoms with Gasteiger partial charge in [-0.15, -0.1) is 11.8 Å². The van der Waals surface area contributed by atoms with Gasteiger partial charge in [-0.25, -0.2) is 9.97 Å². The first kappa shape index (κ1) is 16.2. The van der Waals surface area contributed by atoms with E-state index in [2.05, 4.69) is 36.1 Å². The van der Waals surface area contributed by atoms with Crippen LogP contribution in [0.4, 0.5) is 5.82 Å². The number of hydrogen-bond donors (Lipinski definition) is 2. The van der Waals surface area contributed by atoms with Crippen molar-refractivity contribution in [1.29, 1.82) is 0 Å². The van der Waals surface area contributed by atoms with Gasteiger partial charge in [0.25, 0.3) is 0 Å². The van der Waals surface area contributed by atoms with Crippen molar-refractivity contribution in [2.45, 2.75) is 45.1 Å². The van der Waals surface area contributed by atoms with Gasteiger partial charge in [-0.1, -0.05) is 27.7 Å². The summed E-state index contributed by atoms with van der Waals surface area (Å²) in [4.78, 5) is 8.77. The number of aliphatic hydroxyl groups is 1. The fourth-order valence-corrected chi connectivity index (χ4v) is 2.83. The molecule has 1 unspecified atom stereocenters. The number of aromatic nitrogens is 2. The lowest BCUT2D eigenvalue weighted by molar-refractivity contribution is 0.250. The maximum Gasteiger partial charge on any atom is 0.133 e. The Kier molecular flexibility index (Phi) is 7.16. The van der Waals surface area contributed by atoms with E-state index in [0.29, 0.717) is 5.92 Å². The Bertz CT molecular complexity index is 385. The van der Waals surface area contributed by atoms with Gasteiger partial charge in [0.05, 0.1) is 0 Å². The predicted molar refractivity (Wildman–Crippen MR) is 81.9 cm³/mol. The minimum Gasteiger partial charge on any atom is -0.396 e. The third kappa shape index (κ3) is 4.99. The van der Waals surface area contributed by atoms with Gasteiger partial charge >= 0.3 is 0 Å². The zero-order valence-electron chi connectivity index (χ0n) is 12.3. The molecule has 5 heteroatoms. The topological polar surface area (TPSA) is 58.0 Å². The van der Waals surface area contributed by atoms with Crippen molar-refractivity contribution in [3.63, 3.8) is 0 Å². The fourth-order valence-electron chi connectivity index (χ4n) is 1.67. The van der Waals surface area contributed by atoms with Crippen molar-refractivity contribution < 1.29 is 5.11 Å². The Hall–Kier alpha value is -0.810. The molecule has 0 saturated heterocycles. The van der Waals surface area contributed by atoms with Crippen molar-refractivity contribution in [1.82, 2.24) is 9.97 Å². The number of nitrogens with zero attached hydrogens (tertiary/aromatic N) is 2. The molecule has 0 fully saturated rings. The number of nitrogens with one attached hydrogen (secondary N) is 1. The second-order valence-corrected chi connectivity index (χ2v) is 6.13. The predicted octanol–water partition coefficient (Wildman–Crippen LogP) is 3.14. The fraction of sp³-hybridized carbons (Fsp3) is 0.714. The summed E-state index contributed by atoms with van der Waals surface area (Å²) >= 11 is 1.70. The molecule has 0 aromatic carbocycles. The zero-order chi connectivity index (χ0) is 14.3. The third-order valence-corrected chi connectivity index (χ3v) is 4.12. The lowest BCUT2D eigenvalue weighted by Gasteiger charge is -2.17. The molecule has 1 aromatic heterocycles. The summed E-state index contributed by atoms with van der Waals surface area (Å²) in [6.07, 6.45) is 2.70. The van der Waals surface area contributed by atoms with Crippen LogP contribution in [-0.2, 0) is 0 Å². The normalized spacial score (nSPS) is 12.7. The van der Waals surface area contributed by atoms with E-state index in [0.717, 1.165) is 29.6 Å². The molecular weight excluding hydrogens is 258 g/mol. The lowest BCUT2D eigenvalue weighted by atomic mass is 10.1. The van der Waals surface area contributed by atoms with Gasteiger partial charge in [-0.3, -0.25) is 0 Å². The molecule has 108 valence electrons. The highest BCUT2D eigenvalue weighted by Crippen LogP contribution is 2.32. The molecule has 0 aliphatic rings. The van der Waals surface area contributed by atoms with Gasteiger partial charge in [0, 0.05) is 24.5 Å². The summed E-state index contributed by atoms with van der Waals surface area (Å²) in [6, 6.07) is 0. The number of anilines is 1. The first-order valence-corrected chi connectivity index (χ1v) is 7.91. The summed E-state index contributed by atoms with van der Waals surface area (Å²) in [6.45, 7) is 9.65. The van der Waals surface area contributed by atoms with Crippen molar-refractivity contribution in [2.75, 3.05) is 24.2 Å². The van der Waals surface area contributed by atoms with Gasteiger partial charge in [-0.2, -0.15) is 0 Å². The molecular formula is C14H25N3OS. The molecule has 0 spiro atoms. The molecule has 19 heavy (non-hydrogen) atoms. The van der Waals surface area contributed by atoms with Crippen LogP contribution in [0.15, 0.2) is 11.4 Å². The Labute approximate surface area is 120 Å². The van der Waals surface area contributed by atoms with Gasteiger partial charge in [-0.05, 0) is 18.3 Å². The van der Waals surface area contributed by atoms with Crippen LogP contribution >= 0.6 is 11.8 Å². The van der Waals surface area contributed by atoms with Crippen LogP contribution in [0.25, 0.3) is 0 Å². The number of hydrogen-bond acceptors (Lipinski definition) is 5. The largest absolute Gasteiger partial charge is 0.396 e. The summed E-state index contributed by atoms with van der Waals surface area (Å²) < 4.78 is 0. The Morgan fingerprint density at radius 3 is 2.63 bits per heavy atom. The standard InChI is InChI=1S/C14H25N3OS/c1-5-6-15-13-12(10(2)3)14(17-9-16-13)19-8-11(4)7-18/h9-11,18H,5-8H2,1-4H3,(H,15,16,17). The van der Waals surface area contributed by atoms with E-state index in [4.69, 9.17) is 5.11 Å². The van der Waals surface area contributed by atoms with Crippen LogP contribution in [0, 0.1) is 5.92 Å². The monoisotopic (exact) mass is 283 g/mol. The van der Waals surface area contributed by atoms with Gasteiger partial charge in [0.15, 0.2) is 0 Å². The van der Waals surface area contributed by atoms with Crippen LogP contribution in [0.5, 0.6) is 0 Å². The zero-order valence-corrected chi connectivity index (χ0v) is 13.1. The van der Waals surface area contributed by atoms with Crippen LogP contribution in [0.3, 0.4) is 0 Å². The maximum absolute atomic E-state index is 9.10. The molecule has 1 atom stereocenters. The first-order chi connectivity index (χ1) is 9.10. The summed E-state index contributed by atoms with van der Waals surface area (Å²) in [7, 11) is 0. The van der Waals surface area contributed by atoms with Crippen LogP contribution < -0.4 is 5.32 Å². The van der Waals surface area contributed by atoms with E-state index in [1.165, 1.54) is 5.56 Å². The summed E-state index contributed by atoms with van der Waals surface area (Å²) in [5.74, 6) is 2.49. The van der Waals surface area contributed by atoms with E-state index in [1.807, 2.05) is 6.92 Å². The molecule has 1 aromatic rings. The Morgan fingerprint density at radius 2 is 2.05 bits per heavy atom. The minimum absolute atomic E-state index is 0.218. The molecule has 2 N–H and O–H groups in total. The number of thioether (sulfide) groups is 1. The first-order valence-electron chi connectivity index (χ1n) is 6.92. The smallest absolute Gasteiger partial charge is 0.133 e. The SMILES string of the molecule is CCCNc1ncnc(SCC(C)CO)c1C(C)C. The third-order valence-electron chi connectivity index (χ3n) is 2.78. The van der Waals surface area contributed by atoms with E-state index >= 15 is 0 Å². The quantitative estimate of drug-likeness (QED) is 0.567. The van der Waals surface area contributed by atoms with Crippen LogP contribution in [0.1, 0.15) is 45.6 Å². The molecule has 0 radical (unpaired) electrons. The van der Waals surface area contributed by atoms with Crippen molar-refractivity contribution >= 4 is 17.6 Å². The van der Waals surface area contributed by atoms with E-state index in [9.17, 15) is 0 Å². The van der Waals surface area contributed by atoms with Crippen LogP contribution in [0.2, 0.25) is 0 Å². The molecule has 0 aliphatic carbocycles. The van der Waals surface area contributed by atoms with Crippen molar-refractivity contribution in [2.24, 2.45) is 5.92 Å². The van der Waals surface area contributed by atoms with E-state index in [1.54, 1.807) is 18.1 Å². The molecule has 1 rings (SSSR count). The second kappa shape index (κ2) is 8.38. The molecule has 0 amide bonds. The Morgan fingerprint density at radius 1 is 1.32 bits per heavy atom. The summed E-state index contributed by atoms with van der Waals surface area (Å²) in [5.41, 5.74) is 1.19. The molecule has 4 nitrogen and oxygen atoms in total. The average molecular weight is 283 g/mol. The van der Waals surface area contributed by atoms with Gasteiger partial charge in [0.2, 0.25) is 0 Å². The van der Waals surface area contributed by atoms with Gasteiger partial charge < -0.3 is 10.4 Å². The summed E-state index contributed by atoms with van der Waals surface area (Å²) in [5, 5.41) is 13.5. The van der Waals surface area contributed by atoms with Crippen molar-refractivity contribution in [3.05, 3.63) is 11.9 Å². The van der Waals surface area contributed by atoms with Crippen LogP contribution in [-0.4, -0.2) is 34.0 Å². The second-order valence-electron chi connectivity index (χ2n) is 5.12.